The smallest absolute Gasteiger partial charge is 0.195 e. The highest BCUT2D eigenvalue weighted by Crippen LogP contribution is 2.39. The molecule has 2 aliphatic rings. The number of rotatable bonds is 4. The van der Waals surface area contributed by atoms with Gasteiger partial charge in [-0.15, -0.1) is 0 Å². The largest absolute Gasteiger partial charge is 0.378 e. The molecule has 1 aromatic rings. The van der Waals surface area contributed by atoms with E-state index in [-0.39, 0.29) is 5.60 Å². The zero-order chi connectivity index (χ0) is 11.9. The van der Waals surface area contributed by atoms with E-state index in [4.69, 9.17) is 21.7 Å². The standard InChI is InChI=1S/C11H17N3O2S/c1-15-11(4-5-16-7-11)6-14-9(8-2-3-8)12-13-10(14)17/h8H,2-7H2,1H3,(H,13,17). The van der Waals surface area contributed by atoms with Gasteiger partial charge in [-0.2, -0.15) is 5.10 Å². The van der Waals surface area contributed by atoms with Crippen molar-refractivity contribution in [2.24, 2.45) is 0 Å². The molecule has 0 amide bonds. The van der Waals surface area contributed by atoms with E-state index in [1.165, 1.54) is 12.8 Å². The fraction of sp³-hybridized carbons (Fsp3) is 0.818. The Kier molecular flexibility index (Phi) is 2.80. The molecule has 17 heavy (non-hydrogen) atoms. The summed E-state index contributed by atoms with van der Waals surface area (Å²) in [6.07, 6.45) is 3.35. The first-order valence-corrected chi connectivity index (χ1v) is 6.43. The summed E-state index contributed by atoms with van der Waals surface area (Å²) in [4.78, 5) is 0. The second-order valence-corrected chi connectivity index (χ2v) is 5.32. The van der Waals surface area contributed by atoms with Crippen molar-refractivity contribution in [2.75, 3.05) is 20.3 Å². The molecule has 1 unspecified atom stereocenters. The van der Waals surface area contributed by atoms with Crippen molar-refractivity contribution in [1.29, 1.82) is 0 Å². The predicted octanol–water partition coefficient (Wildman–Crippen LogP) is 1.62. The van der Waals surface area contributed by atoms with E-state index < -0.39 is 0 Å². The van der Waals surface area contributed by atoms with Crippen molar-refractivity contribution in [3.63, 3.8) is 0 Å². The van der Waals surface area contributed by atoms with Crippen molar-refractivity contribution in [3.8, 4) is 0 Å². The maximum absolute atomic E-state index is 5.65. The minimum atomic E-state index is -0.230. The van der Waals surface area contributed by atoms with Crippen LogP contribution in [0.25, 0.3) is 0 Å². The highest BCUT2D eigenvalue weighted by molar-refractivity contribution is 7.71. The summed E-state index contributed by atoms with van der Waals surface area (Å²) in [6.45, 7) is 2.14. The van der Waals surface area contributed by atoms with Crippen LogP contribution in [0.15, 0.2) is 0 Å². The zero-order valence-corrected chi connectivity index (χ0v) is 10.8. The van der Waals surface area contributed by atoms with E-state index in [1.807, 2.05) is 0 Å². The lowest BCUT2D eigenvalue weighted by molar-refractivity contribution is -0.0303. The lowest BCUT2D eigenvalue weighted by Crippen LogP contribution is -2.37. The average molecular weight is 255 g/mol. The van der Waals surface area contributed by atoms with Crippen LogP contribution in [0.5, 0.6) is 0 Å². The molecule has 6 heteroatoms. The lowest BCUT2D eigenvalue weighted by Gasteiger charge is -2.26. The maximum atomic E-state index is 5.65. The third-order valence-electron chi connectivity index (χ3n) is 3.68. The predicted molar refractivity (Wildman–Crippen MR) is 64.6 cm³/mol. The van der Waals surface area contributed by atoms with Gasteiger partial charge in [-0.05, 0) is 25.1 Å². The van der Waals surface area contributed by atoms with Crippen molar-refractivity contribution < 1.29 is 9.47 Å². The number of hydrogen-bond acceptors (Lipinski definition) is 4. The Morgan fingerprint density at radius 1 is 1.65 bits per heavy atom. The highest BCUT2D eigenvalue weighted by atomic mass is 32.1. The minimum absolute atomic E-state index is 0.230. The van der Waals surface area contributed by atoms with Gasteiger partial charge < -0.3 is 14.0 Å². The SMILES string of the molecule is COC1(Cn2c(C3CC3)n[nH]c2=S)CCOC1. The molecule has 0 bridgehead atoms. The van der Waals surface area contributed by atoms with Gasteiger partial charge in [0.2, 0.25) is 0 Å². The van der Waals surface area contributed by atoms with Crippen molar-refractivity contribution in [3.05, 3.63) is 10.6 Å². The molecule has 5 nitrogen and oxygen atoms in total. The van der Waals surface area contributed by atoms with Crippen LogP contribution in [-0.2, 0) is 16.0 Å². The zero-order valence-electron chi connectivity index (χ0n) is 9.94. The van der Waals surface area contributed by atoms with Crippen molar-refractivity contribution in [1.82, 2.24) is 14.8 Å². The molecule has 1 aliphatic carbocycles. The van der Waals surface area contributed by atoms with Gasteiger partial charge in [-0.1, -0.05) is 0 Å². The number of aromatic amines is 1. The van der Waals surface area contributed by atoms with Crippen LogP contribution in [0.4, 0.5) is 0 Å². The summed E-state index contributed by atoms with van der Waals surface area (Å²) in [7, 11) is 1.75. The van der Waals surface area contributed by atoms with Gasteiger partial charge in [0.25, 0.3) is 0 Å². The number of nitrogens with one attached hydrogen (secondary N) is 1. The highest BCUT2D eigenvalue weighted by Gasteiger charge is 2.38. The summed E-state index contributed by atoms with van der Waals surface area (Å²) in [6, 6.07) is 0. The Morgan fingerprint density at radius 3 is 3.06 bits per heavy atom. The first-order chi connectivity index (χ1) is 8.24. The Morgan fingerprint density at radius 2 is 2.47 bits per heavy atom. The van der Waals surface area contributed by atoms with E-state index in [2.05, 4.69) is 14.8 Å². The van der Waals surface area contributed by atoms with Crippen molar-refractivity contribution >= 4 is 12.2 Å². The van der Waals surface area contributed by atoms with Crippen LogP contribution >= 0.6 is 12.2 Å². The van der Waals surface area contributed by atoms with Gasteiger partial charge >= 0.3 is 0 Å². The summed E-state index contributed by atoms with van der Waals surface area (Å²) in [5.74, 6) is 1.66. The third-order valence-corrected chi connectivity index (χ3v) is 3.99. The monoisotopic (exact) mass is 255 g/mol. The van der Waals surface area contributed by atoms with Gasteiger partial charge in [-0.3, -0.25) is 5.10 Å². The second-order valence-electron chi connectivity index (χ2n) is 4.94. The molecule has 0 aromatic carbocycles. The van der Waals surface area contributed by atoms with Crippen LogP contribution in [-0.4, -0.2) is 40.7 Å². The number of H-pyrrole nitrogens is 1. The van der Waals surface area contributed by atoms with E-state index >= 15 is 0 Å². The number of hydrogen-bond donors (Lipinski definition) is 1. The van der Waals surface area contributed by atoms with Crippen LogP contribution in [0.2, 0.25) is 0 Å². The number of methoxy groups -OCH3 is 1. The molecule has 1 saturated heterocycles. The van der Waals surface area contributed by atoms with Gasteiger partial charge in [0.05, 0.1) is 13.2 Å². The topological polar surface area (TPSA) is 52.1 Å². The molecule has 1 atom stereocenters. The van der Waals surface area contributed by atoms with E-state index in [1.54, 1.807) is 7.11 Å². The molecule has 2 fully saturated rings. The molecule has 94 valence electrons. The quantitative estimate of drug-likeness (QED) is 0.831. The minimum Gasteiger partial charge on any atom is -0.378 e. The molecule has 1 aliphatic heterocycles. The van der Waals surface area contributed by atoms with Crippen LogP contribution < -0.4 is 0 Å². The molecule has 2 heterocycles. The van der Waals surface area contributed by atoms with E-state index in [0.717, 1.165) is 25.4 Å². The molecule has 0 spiro atoms. The summed E-state index contributed by atoms with van der Waals surface area (Å²) < 4.78 is 13.9. The normalized spacial score (nSPS) is 28.8. The summed E-state index contributed by atoms with van der Waals surface area (Å²) in [5.41, 5.74) is -0.230. The number of nitrogens with zero attached hydrogens (tertiary/aromatic N) is 2. The Balaban J connectivity index is 1.88. The number of aromatic nitrogens is 3. The Hall–Kier alpha value is -0.720. The maximum Gasteiger partial charge on any atom is 0.195 e. The first kappa shape index (κ1) is 11.4. The van der Waals surface area contributed by atoms with Gasteiger partial charge in [0.1, 0.15) is 11.4 Å². The van der Waals surface area contributed by atoms with Crippen molar-refractivity contribution in [2.45, 2.75) is 37.3 Å². The van der Waals surface area contributed by atoms with E-state index in [9.17, 15) is 0 Å². The molecule has 0 radical (unpaired) electrons. The molecule has 1 aromatic heterocycles. The molecule has 1 N–H and O–H groups in total. The Labute approximate surface area is 105 Å². The van der Waals surface area contributed by atoms with Crippen LogP contribution in [0, 0.1) is 4.77 Å². The lowest BCUT2D eigenvalue weighted by atomic mass is 10.0. The van der Waals surface area contributed by atoms with Gasteiger partial charge in [0.15, 0.2) is 4.77 Å². The van der Waals surface area contributed by atoms with E-state index in [0.29, 0.717) is 17.3 Å². The molecular formula is C11H17N3O2S. The summed E-state index contributed by atoms with van der Waals surface area (Å²) in [5, 5.41) is 7.23. The average Bonchev–Trinajstić information content (AvgIpc) is 2.97. The second kappa shape index (κ2) is 4.19. The fourth-order valence-electron chi connectivity index (χ4n) is 2.36. The molecular weight excluding hydrogens is 238 g/mol. The molecule has 3 rings (SSSR count). The fourth-order valence-corrected chi connectivity index (χ4v) is 2.57. The van der Waals surface area contributed by atoms with Gasteiger partial charge in [0, 0.05) is 26.1 Å². The van der Waals surface area contributed by atoms with Crippen LogP contribution in [0.1, 0.15) is 31.0 Å². The first-order valence-electron chi connectivity index (χ1n) is 6.02. The van der Waals surface area contributed by atoms with Crippen LogP contribution in [0.3, 0.4) is 0 Å². The van der Waals surface area contributed by atoms with Gasteiger partial charge in [-0.25, -0.2) is 0 Å². The molecule has 1 saturated carbocycles. The Bertz CT molecular complexity index is 458. The third kappa shape index (κ3) is 2.05. The summed E-state index contributed by atoms with van der Waals surface area (Å²) >= 11 is 5.30. The number of ether oxygens (including phenoxy) is 2.